The second-order valence-corrected chi connectivity index (χ2v) is 6.63. The van der Waals surface area contributed by atoms with Crippen LogP contribution in [0.3, 0.4) is 0 Å². The fourth-order valence-corrected chi connectivity index (χ4v) is 2.66. The molecule has 1 heterocycles. The summed E-state index contributed by atoms with van der Waals surface area (Å²) < 4.78 is 1.78. The highest BCUT2D eigenvalue weighted by atomic mass is 35.5. The molecule has 0 spiro atoms. The van der Waals surface area contributed by atoms with E-state index in [9.17, 15) is 4.79 Å². The van der Waals surface area contributed by atoms with Crippen LogP contribution in [0, 0.1) is 13.8 Å². The predicted octanol–water partition coefficient (Wildman–Crippen LogP) is 3.19. The number of benzene rings is 1. The lowest BCUT2D eigenvalue weighted by Gasteiger charge is -2.24. The number of carbonyl (C=O) groups excluding carboxylic acids is 1. The van der Waals surface area contributed by atoms with Gasteiger partial charge in [0.05, 0.1) is 23.1 Å². The van der Waals surface area contributed by atoms with E-state index in [1.54, 1.807) is 4.68 Å². The lowest BCUT2D eigenvalue weighted by molar-refractivity contribution is -0.120. The summed E-state index contributed by atoms with van der Waals surface area (Å²) in [7, 11) is 3.84. The van der Waals surface area contributed by atoms with E-state index in [4.69, 9.17) is 11.6 Å². The lowest BCUT2D eigenvalue weighted by Crippen LogP contribution is -2.40. The molecule has 0 saturated carbocycles. The van der Waals surface area contributed by atoms with E-state index in [0.717, 1.165) is 35.1 Å². The highest BCUT2D eigenvalue weighted by Gasteiger charge is 2.20. The van der Waals surface area contributed by atoms with E-state index in [1.807, 2.05) is 64.0 Å². The molecule has 1 unspecified atom stereocenters. The second kappa shape index (κ2) is 7.81. The molecule has 0 radical (unpaired) electrons. The molecule has 0 fully saturated rings. The van der Waals surface area contributed by atoms with Gasteiger partial charge in [0, 0.05) is 18.6 Å². The van der Waals surface area contributed by atoms with Crippen molar-refractivity contribution >= 4 is 23.2 Å². The number of hydrogen-bond acceptors (Lipinski definition) is 3. The Bertz CT molecular complexity index is 709. The van der Waals surface area contributed by atoms with Crippen molar-refractivity contribution in [3.05, 3.63) is 46.2 Å². The van der Waals surface area contributed by atoms with Crippen molar-refractivity contribution in [3.8, 4) is 0 Å². The summed E-state index contributed by atoms with van der Waals surface area (Å²) in [5.41, 5.74) is 3.80. The van der Waals surface area contributed by atoms with Crippen LogP contribution < -0.4 is 5.32 Å². The summed E-state index contributed by atoms with van der Waals surface area (Å²) in [5.74, 6) is -0.0205. The molecule has 0 saturated heterocycles. The maximum Gasteiger partial charge on any atom is 0.241 e. The fraction of sp³-hybridized carbons (Fsp3) is 0.444. The van der Waals surface area contributed by atoms with Crippen molar-refractivity contribution < 1.29 is 4.79 Å². The van der Waals surface area contributed by atoms with Gasteiger partial charge in [-0.15, -0.1) is 0 Å². The first-order valence-corrected chi connectivity index (χ1v) is 8.43. The third-order valence-electron chi connectivity index (χ3n) is 4.46. The van der Waals surface area contributed by atoms with Crippen LogP contribution in [0.4, 0.5) is 5.69 Å². The maximum absolute atomic E-state index is 12.5. The molecule has 1 aromatic carbocycles. The number of likely N-dealkylation sites (N-methyl/N-ethyl adjacent to an activating group) is 1. The SMILES string of the molecule is Cc1nn(C)c(C)c1NC(=O)C(C)N(C)CCc1ccc(Cl)cc1. The average Bonchev–Trinajstić information content (AvgIpc) is 2.79. The Hall–Kier alpha value is -1.85. The molecule has 6 heteroatoms. The zero-order valence-corrected chi connectivity index (χ0v) is 15.7. The molecule has 130 valence electrons. The van der Waals surface area contributed by atoms with E-state index in [-0.39, 0.29) is 11.9 Å². The number of amides is 1. The zero-order valence-electron chi connectivity index (χ0n) is 14.9. The Morgan fingerprint density at radius 3 is 2.50 bits per heavy atom. The van der Waals surface area contributed by atoms with E-state index >= 15 is 0 Å². The van der Waals surface area contributed by atoms with Gasteiger partial charge in [-0.3, -0.25) is 14.4 Å². The van der Waals surface area contributed by atoms with Crippen molar-refractivity contribution in [3.63, 3.8) is 0 Å². The van der Waals surface area contributed by atoms with Gasteiger partial charge < -0.3 is 5.32 Å². The Labute approximate surface area is 148 Å². The molecule has 0 aliphatic rings. The van der Waals surface area contributed by atoms with Gasteiger partial charge in [-0.2, -0.15) is 5.10 Å². The van der Waals surface area contributed by atoms with Crippen molar-refractivity contribution in [2.75, 3.05) is 18.9 Å². The number of aryl methyl sites for hydroxylation is 2. The van der Waals surface area contributed by atoms with Gasteiger partial charge in [-0.05, 0) is 51.9 Å². The summed E-state index contributed by atoms with van der Waals surface area (Å²) in [6, 6.07) is 7.59. The van der Waals surface area contributed by atoms with Gasteiger partial charge in [0.25, 0.3) is 0 Å². The van der Waals surface area contributed by atoms with Crippen molar-refractivity contribution in [2.24, 2.45) is 7.05 Å². The first kappa shape index (κ1) is 18.5. The third kappa shape index (κ3) is 4.36. The van der Waals surface area contributed by atoms with E-state index in [2.05, 4.69) is 10.4 Å². The number of anilines is 1. The third-order valence-corrected chi connectivity index (χ3v) is 4.72. The molecular formula is C18H25ClN4O. The molecule has 1 N–H and O–H groups in total. The van der Waals surface area contributed by atoms with Crippen LogP contribution in [0.2, 0.25) is 5.02 Å². The molecule has 5 nitrogen and oxygen atoms in total. The minimum absolute atomic E-state index is 0.0205. The lowest BCUT2D eigenvalue weighted by atomic mass is 10.1. The Kier molecular flexibility index (Phi) is 6.02. The minimum atomic E-state index is -0.226. The largest absolute Gasteiger partial charge is 0.322 e. The van der Waals surface area contributed by atoms with Crippen molar-refractivity contribution in [1.82, 2.24) is 14.7 Å². The highest BCUT2D eigenvalue weighted by molar-refractivity contribution is 6.30. The molecule has 0 aliphatic heterocycles. The summed E-state index contributed by atoms with van der Waals surface area (Å²) in [4.78, 5) is 14.6. The first-order valence-electron chi connectivity index (χ1n) is 8.05. The average molecular weight is 349 g/mol. The number of halogens is 1. The monoisotopic (exact) mass is 348 g/mol. The quantitative estimate of drug-likeness (QED) is 0.872. The van der Waals surface area contributed by atoms with Crippen LogP contribution in [0.1, 0.15) is 23.9 Å². The van der Waals surface area contributed by atoms with Crippen LogP contribution in [-0.2, 0) is 18.3 Å². The van der Waals surface area contributed by atoms with Crippen molar-refractivity contribution in [1.29, 1.82) is 0 Å². The van der Waals surface area contributed by atoms with E-state index < -0.39 is 0 Å². The van der Waals surface area contributed by atoms with Crippen LogP contribution in [0.25, 0.3) is 0 Å². The number of carbonyl (C=O) groups is 1. The fourth-order valence-electron chi connectivity index (χ4n) is 2.53. The summed E-state index contributed by atoms with van der Waals surface area (Å²) in [6.07, 6.45) is 0.871. The van der Waals surface area contributed by atoms with Crippen molar-refractivity contribution in [2.45, 2.75) is 33.2 Å². The van der Waals surface area contributed by atoms with Crippen LogP contribution >= 0.6 is 11.6 Å². The number of nitrogens with zero attached hydrogens (tertiary/aromatic N) is 3. The molecule has 24 heavy (non-hydrogen) atoms. The Balaban J connectivity index is 1.93. The molecule has 2 aromatic rings. The minimum Gasteiger partial charge on any atom is -0.322 e. The van der Waals surface area contributed by atoms with E-state index in [1.165, 1.54) is 5.56 Å². The van der Waals surface area contributed by atoms with Gasteiger partial charge in [0.1, 0.15) is 0 Å². The van der Waals surface area contributed by atoms with E-state index in [0.29, 0.717) is 0 Å². The normalized spacial score (nSPS) is 12.5. The standard InChI is InChI=1S/C18H25ClN4O/c1-12-17(13(2)23(5)21-12)20-18(24)14(3)22(4)11-10-15-6-8-16(19)9-7-15/h6-9,14H,10-11H2,1-5H3,(H,20,24). The molecule has 1 atom stereocenters. The molecule has 1 aromatic heterocycles. The van der Waals surface area contributed by atoms with Crippen LogP contribution in [0.5, 0.6) is 0 Å². The number of nitrogens with one attached hydrogen (secondary N) is 1. The van der Waals surface area contributed by atoms with Gasteiger partial charge >= 0.3 is 0 Å². The summed E-state index contributed by atoms with van der Waals surface area (Å²) in [5, 5.41) is 8.07. The number of rotatable bonds is 6. The topological polar surface area (TPSA) is 50.2 Å². The van der Waals surface area contributed by atoms with Gasteiger partial charge in [0.2, 0.25) is 5.91 Å². The number of aromatic nitrogens is 2. The van der Waals surface area contributed by atoms with Crippen LogP contribution in [0.15, 0.2) is 24.3 Å². The van der Waals surface area contributed by atoms with Crippen LogP contribution in [-0.4, -0.2) is 40.2 Å². The molecule has 0 bridgehead atoms. The maximum atomic E-state index is 12.5. The highest BCUT2D eigenvalue weighted by Crippen LogP contribution is 2.19. The zero-order chi connectivity index (χ0) is 17.9. The van der Waals surface area contributed by atoms with Gasteiger partial charge in [0.15, 0.2) is 0 Å². The Morgan fingerprint density at radius 2 is 1.96 bits per heavy atom. The predicted molar refractivity (Wildman–Crippen MR) is 98.6 cm³/mol. The Morgan fingerprint density at radius 1 is 1.33 bits per heavy atom. The first-order chi connectivity index (χ1) is 11.3. The summed E-state index contributed by atoms with van der Waals surface area (Å²) in [6.45, 7) is 6.56. The smallest absolute Gasteiger partial charge is 0.241 e. The molecule has 2 rings (SSSR count). The van der Waals surface area contributed by atoms with Gasteiger partial charge in [-0.25, -0.2) is 0 Å². The molecular weight excluding hydrogens is 324 g/mol. The second-order valence-electron chi connectivity index (χ2n) is 6.19. The summed E-state index contributed by atoms with van der Waals surface area (Å²) >= 11 is 5.90. The molecule has 0 aliphatic carbocycles. The van der Waals surface area contributed by atoms with Gasteiger partial charge in [-0.1, -0.05) is 23.7 Å². The number of hydrogen-bond donors (Lipinski definition) is 1. The molecule has 1 amide bonds.